The van der Waals surface area contributed by atoms with E-state index in [1.54, 1.807) is 0 Å². The van der Waals surface area contributed by atoms with Gasteiger partial charge in [0.25, 0.3) is 5.91 Å². The number of aryl methyl sites for hydroxylation is 2. The number of aromatic nitrogens is 2. The van der Waals surface area contributed by atoms with Crippen molar-refractivity contribution >= 4 is 22.5 Å². The summed E-state index contributed by atoms with van der Waals surface area (Å²) in [5.74, 6) is -0.203. The summed E-state index contributed by atoms with van der Waals surface area (Å²) >= 11 is 0. The van der Waals surface area contributed by atoms with Gasteiger partial charge in [0.15, 0.2) is 0 Å². The number of rotatable bonds is 3. The van der Waals surface area contributed by atoms with Crippen LogP contribution in [0, 0.1) is 13.8 Å². The maximum atomic E-state index is 13.4. The molecule has 1 amide bonds. The van der Waals surface area contributed by atoms with Crippen LogP contribution < -0.4 is 5.32 Å². The Morgan fingerprint density at radius 3 is 2.57 bits per heavy atom. The predicted octanol–water partition coefficient (Wildman–Crippen LogP) is 4.52. The lowest BCUT2D eigenvalue weighted by molar-refractivity contribution is -0.137. The Morgan fingerprint density at radius 2 is 1.87 bits per heavy atom. The largest absolute Gasteiger partial charge is 0.417 e. The van der Waals surface area contributed by atoms with Crippen LogP contribution in [-0.4, -0.2) is 19.9 Å². The van der Waals surface area contributed by atoms with Crippen LogP contribution in [-0.2, 0) is 28.5 Å². The molecule has 0 bridgehead atoms. The number of nitrogens with zero attached hydrogens (tertiary/aromatic N) is 2. The van der Waals surface area contributed by atoms with E-state index >= 15 is 0 Å². The van der Waals surface area contributed by atoms with Crippen LogP contribution >= 0.6 is 0 Å². The minimum absolute atomic E-state index is 0.191. The molecule has 5 nitrogen and oxygen atoms in total. The average Bonchev–Trinajstić information content (AvgIpc) is 3.18. The smallest absolute Gasteiger partial charge is 0.306 e. The molecule has 30 heavy (non-hydrogen) atoms. The number of carbonyl (C=O) groups excluding carboxylic acids is 1. The fourth-order valence-electron chi connectivity index (χ4n) is 3.58. The molecule has 4 rings (SSSR count). The molecule has 1 aliphatic rings. The maximum Gasteiger partial charge on any atom is 0.417 e. The van der Waals surface area contributed by atoms with Gasteiger partial charge >= 0.3 is 6.18 Å². The van der Waals surface area contributed by atoms with E-state index in [9.17, 15) is 22.2 Å². The van der Waals surface area contributed by atoms with Crippen LogP contribution in [0.2, 0.25) is 0 Å². The summed E-state index contributed by atoms with van der Waals surface area (Å²) in [6, 6.07) is 10.3. The molecular weight excluding hydrogens is 415 g/mol. The zero-order valence-corrected chi connectivity index (χ0v) is 17.0. The van der Waals surface area contributed by atoms with Crippen LogP contribution in [0.4, 0.5) is 19.0 Å². The first-order valence-corrected chi connectivity index (χ1v) is 10.6. The standard InChI is InChI=1S/C21H18F3N3O2S/c1-12-7-8-18(13(2)9-12)27-19(15-10-30(29)11-17(15)26-27)25-20(28)14-5-3-4-6-16(14)21(22,23)24/h3-9H,10-11H2,1-2H3,(H,25,28). The molecule has 0 radical (unpaired) electrons. The van der Waals surface area contributed by atoms with Crippen molar-refractivity contribution in [1.82, 2.24) is 9.78 Å². The van der Waals surface area contributed by atoms with Gasteiger partial charge in [-0.2, -0.15) is 18.3 Å². The third-order valence-electron chi connectivity index (χ3n) is 4.96. The molecule has 0 saturated heterocycles. The van der Waals surface area contributed by atoms with Crippen molar-refractivity contribution in [2.45, 2.75) is 31.5 Å². The van der Waals surface area contributed by atoms with Crippen LogP contribution in [0.3, 0.4) is 0 Å². The normalized spacial score (nSPS) is 15.8. The molecule has 0 saturated carbocycles. The van der Waals surface area contributed by atoms with Gasteiger partial charge in [-0.25, -0.2) is 4.68 Å². The van der Waals surface area contributed by atoms with Crippen molar-refractivity contribution in [3.05, 3.63) is 76.0 Å². The Bertz CT molecular complexity index is 1180. The maximum absolute atomic E-state index is 13.4. The molecule has 0 fully saturated rings. The van der Waals surface area contributed by atoms with E-state index in [-0.39, 0.29) is 17.3 Å². The number of benzene rings is 2. The molecule has 1 N–H and O–H groups in total. The van der Waals surface area contributed by atoms with Gasteiger partial charge in [0.05, 0.1) is 34.0 Å². The summed E-state index contributed by atoms with van der Waals surface area (Å²) in [5.41, 5.74) is 2.30. The number of anilines is 1. The van der Waals surface area contributed by atoms with Gasteiger partial charge in [0.1, 0.15) is 5.82 Å². The second kappa shape index (κ2) is 7.39. The van der Waals surface area contributed by atoms with Crippen molar-refractivity contribution < 1.29 is 22.2 Å². The van der Waals surface area contributed by atoms with E-state index < -0.39 is 34.0 Å². The highest BCUT2D eigenvalue weighted by Crippen LogP contribution is 2.35. The van der Waals surface area contributed by atoms with Crippen molar-refractivity contribution in [2.24, 2.45) is 0 Å². The lowest BCUT2D eigenvalue weighted by Gasteiger charge is -2.15. The van der Waals surface area contributed by atoms with Crippen LogP contribution in [0.5, 0.6) is 0 Å². The molecule has 2 aromatic carbocycles. The first-order chi connectivity index (χ1) is 14.1. The van der Waals surface area contributed by atoms with Crippen molar-refractivity contribution in [3.8, 4) is 5.69 Å². The molecule has 0 spiro atoms. The van der Waals surface area contributed by atoms with Gasteiger partial charge in [-0.1, -0.05) is 29.8 Å². The van der Waals surface area contributed by atoms with E-state index in [2.05, 4.69) is 10.4 Å². The zero-order valence-electron chi connectivity index (χ0n) is 16.2. The quantitative estimate of drug-likeness (QED) is 0.661. The number of hydrogen-bond donors (Lipinski definition) is 1. The summed E-state index contributed by atoms with van der Waals surface area (Å²) in [6.45, 7) is 3.83. The molecule has 9 heteroatoms. The van der Waals surface area contributed by atoms with Gasteiger partial charge < -0.3 is 5.32 Å². The molecule has 0 aliphatic carbocycles. The Labute approximate surface area is 173 Å². The molecule has 1 unspecified atom stereocenters. The third-order valence-corrected chi connectivity index (χ3v) is 6.17. The van der Waals surface area contributed by atoms with E-state index in [4.69, 9.17) is 0 Å². The third kappa shape index (κ3) is 3.65. The van der Waals surface area contributed by atoms with E-state index in [0.717, 1.165) is 23.3 Å². The summed E-state index contributed by atoms with van der Waals surface area (Å²) in [5, 5.41) is 7.11. The second-order valence-electron chi connectivity index (χ2n) is 7.20. The number of carbonyl (C=O) groups is 1. The molecule has 1 atom stereocenters. The SMILES string of the molecule is Cc1ccc(-n2nc3c(c2NC(=O)c2ccccc2C(F)(F)F)CS(=O)C3)c(C)c1. The van der Waals surface area contributed by atoms with Crippen LogP contribution in [0.1, 0.15) is 38.3 Å². The molecular formula is C21H18F3N3O2S. The highest BCUT2D eigenvalue weighted by molar-refractivity contribution is 7.83. The molecule has 156 valence electrons. The Kier molecular flexibility index (Phi) is 5.01. The number of amides is 1. The van der Waals surface area contributed by atoms with Gasteiger partial charge in [0, 0.05) is 16.4 Å². The Balaban J connectivity index is 1.80. The topological polar surface area (TPSA) is 64.0 Å². The fraction of sp³-hybridized carbons (Fsp3) is 0.238. The Morgan fingerprint density at radius 1 is 1.13 bits per heavy atom. The summed E-state index contributed by atoms with van der Waals surface area (Å²) in [6.07, 6.45) is -4.66. The molecule has 1 aromatic heterocycles. The number of nitrogens with one attached hydrogen (secondary N) is 1. The Hall–Kier alpha value is -2.94. The summed E-state index contributed by atoms with van der Waals surface area (Å²) < 4.78 is 53.6. The van der Waals surface area contributed by atoms with Crippen LogP contribution in [0.25, 0.3) is 5.69 Å². The minimum Gasteiger partial charge on any atom is -0.306 e. The lowest BCUT2D eigenvalue weighted by Crippen LogP contribution is -2.21. The summed E-state index contributed by atoms with van der Waals surface area (Å²) in [4.78, 5) is 12.9. The zero-order chi connectivity index (χ0) is 21.6. The van der Waals surface area contributed by atoms with Gasteiger partial charge in [0.2, 0.25) is 0 Å². The predicted molar refractivity (Wildman–Crippen MR) is 108 cm³/mol. The van der Waals surface area contributed by atoms with Crippen molar-refractivity contribution in [1.29, 1.82) is 0 Å². The highest BCUT2D eigenvalue weighted by Gasteiger charge is 2.36. The fourth-order valence-corrected chi connectivity index (χ4v) is 4.84. The summed E-state index contributed by atoms with van der Waals surface area (Å²) in [7, 11) is -1.16. The van der Waals surface area contributed by atoms with E-state index in [1.165, 1.54) is 16.8 Å². The number of halogens is 3. The van der Waals surface area contributed by atoms with Crippen LogP contribution in [0.15, 0.2) is 42.5 Å². The first-order valence-electron chi connectivity index (χ1n) is 9.16. The molecule has 1 aliphatic heterocycles. The number of hydrogen-bond acceptors (Lipinski definition) is 3. The van der Waals surface area contributed by atoms with E-state index in [1.807, 2.05) is 32.0 Å². The van der Waals surface area contributed by atoms with Crippen molar-refractivity contribution in [2.75, 3.05) is 5.32 Å². The van der Waals surface area contributed by atoms with Gasteiger partial charge in [-0.15, -0.1) is 0 Å². The highest BCUT2D eigenvalue weighted by atomic mass is 32.2. The van der Waals surface area contributed by atoms with E-state index in [0.29, 0.717) is 16.9 Å². The molecule has 3 aromatic rings. The number of fused-ring (bicyclic) bond motifs is 1. The number of alkyl halides is 3. The monoisotopic (exact) mass is 433 g/mol. The van der Waals surface area contributed by atoms with Gasteiger partial charge in [-0.05, 0) is 37.6 Å². The lowest BCUT2D eigenvalue weighted by atomic mass is 10.1. The average molecular weight is 433 g/mol. The second-order valence-corrected chi connectivity index (χ2v) is 8.66. The first kappa shape index (κ1) is 20.3. The minimum atomic E-state index is -4.66. The molecule has 2 heterocycles. The van der Waals surface area contributed by atoms with Crippen molar-refractivity contribution in [3.63, 3.8) is 0 Å². The van der Waals surface area contributed by atoms with Gasteiger partial charge in [-0.3, -0.25) is 9.00 Å².